The molecule has 1 saturated heterocycles. The number of fused-ring (bicyclic) bond motifs is 1. The minimum absolute atomic E-state index is 0.0741. The van der Waals surface area contributed by atoms with Gasteiger partial charge in [-0.1, -0.05) is 6.92 Å². The standard InChI is InChI=1S/C20H22N6O4S/c1-12-7-13(10-26(9-12)17(27)3-5-21)24-18-14-4-6-22-19(14)23-8-15(18)20-25-16(11-30-20)31(2,28)29/h4,6,8,11-13H,3,7,9-10H2,1-2H3,(H2,22,23,24)/t12-,13+/m0/s1. The Bertz CT molecular complexity index is 1270. The number of amides is 1. The van der Waals surface area contributed by atoms with E-state index >= 15 is 0 Å². The van der Waals surface area contributed by atoms with Crippen LogP contribution in [0.15, 0.2) is 34.2 Å². The first-order chi connectivity index (χ1) is 14.8. The molecule has 4 rings (SSSR count). The molecule has 0 radical (unpaired) electrons. The Labute approximate surface area is 179 Å². The average Bonchev–Trinajstić information content (AvgIpc) is 3.37. The second kappa shape index (κ2) is 8.03. The lowest BCUT2D eigenvalue weighted by molar-refractivity contribution is -0.132. The van der Waals surface area contributed by atoms with Crippen molar-refractivity contribution >= 4 is 32.5 Å². The number of carbonyl (C=O) groups excluding carboxylic acids is 1. The number of nitriles is 1. The molecule has 4 heterocycles. The minimum Gasteiger partial charge on any atom is -0.443 e. The lowest BCUT2D eigenvalue weighted by Crippen LogP contribution is -2.48. The zero-order valence-corrected chi connectivity index (χ0v) is 17.9. The highest BCUT2D eigenvalue weighted by atomic mass is 32.2. The predicted molar refractivity (Wildman–Crippen MR) is 113 cm³/mol. The molecule has 1 amide bonds. The maximum Gasteiger partial charge on any atom is 0.236 e. The topological polar surface area (TPSA) is 145 Å². The summed E-state index contributed by atoms with van der Waals surface area (Å²) < 4.78 is 29.1. The van der Waals surface area contributed by atoms with Crippen LogP contribution in [0.5, 0.6) is 0 Å². The summed E-state index contributed by atoms with van der Waals surface area (Å²) >= 11 is 0. The second-order valence-electron chi connectivity index (χ2n) is 7.87. The number of oxazole rings is 1. The molecule has 3 aromatic rings. The fraction of sp³-hybridized carbons (Fsp3) is 0.400. The number of carbonyl (C=O) groups is 1. The number of rotatable bonds is 5. The summed E-state index contributed by atoms with van der Waals surface area (Å²) in [6.07, 6.45) is 6.19. The third-order valence-electron chi connectivity index (χ3n) is 5.27. The fourth-order valence-electron chi connectivity index (χ4n) is 3.92. The van der Waals surface area contributed by atoms with E-state index in [0.29, 0.717) is 30.0 Å². The molecule has 0 bridgehead atoms. The number of hydrogen-bond donors (Lipinski definition) is 2. The van der Waals surface area contributed by atoms with E-state index in [1.54, 1.807) is 17.3 Å². The first-order valence-electron chi connectivity index (χ1n) is 9.79. The number of sulfone groups is 1. The maximum atomic E-state index is 12.3. The number of aromatic amines is 1. The average molecular weight is 443 g/mol. The first-order valence-corrected chi connectivity index (χ1v) is 11.7. The highest BCUT2D eigenvalue weighted by molar-refractivity contribution is 7.90. The van der Waals surface area contributed by atoms with Gasteiger partial charge in [-0.05, 0) is 18.4 Å². The summed E-state index contributed by atoms with van der Waals surface area (Å²) in [7, 11) is -3.51. The highest BCUT2D eigenvalue weighted by Crippen LogP contribution is 2.35. The molecular formula is C20H22N6O4S. The van der Waals surface area contributed by atoms with Crippen LogP contribution in [-0.4, -0.2) is 59.6 Å². The van der Waals surface area contributed by atoms with Gasteiger partial charge in [-0.15, -0.1) is 0 Å². The van der Waals surface area contributed by atoms with Gasteiger partial charge in [-0.2, -0.15) is 10.2 Å². The van der Waals surface area contributed by atoms with Crippen LogP contribution >= 0.6 is 0 Å². The van der Waals surface area contributed by atoms with Crippen LogP contribution in [0.25, 0.3) is 22.5 Å². The van der Waals surface area contributed by atoms with Crippen LogP contribution in [0.1, 0.15) is 19.8 Å². The number of pyridine rings is 1. The normalized spacial score (nSPS) is 19.3. The van der Waals surface area contributed by atoms with Crippen molar-refractivity contribution in [1.82, 2.24) is 19.9 Å². The fourth-order valence-corrected chi connectivity index (χ4v) is 4.39. The zero-order chi connectivity index (χ0) is 22.2. The number of likely N-dealkylation sites (tertiary alicyclic amines) is 1. The Balaban J connectivity index is 1.70. The molecule has 0 aromatic carbocycles. The van der Waals surface area contributed by atoms with Crippen molar-refractivity contribution in [1.29, 1.82) is 5.26 Å². The Morgan fingerprint density at radius 1 is 1.45 bits per heavy atom. The molecule has 0 saturated carbocycles. The van der Waals surface area contributed by atoms with Gasteiger partial charge in [-0.25, -0.2) is 13.4 Å². The molecule has 1 aliphatic heterocycles. The maximum absolute atomic E-state index is 12.3. The largest absolute Gasteiger partial charge is 0.443 e. The summed E-state index contributed by atoms with van der Waals surface area (Å²) in [5, 5.41) is 13.0. The smallest absolute Gasteiger partial charge is 0.236 e. The van der Waals surface area contributed by atoms with E-state index < -0.39 is 9.84 Å². The van der Waals surface area contributed by atoms with Gasteiger partial charge in [-0.3, -0.25) is 4.79 Å². The van der Waals surface area contributed by atoms with Gasteiger partial charge in [0.2, 0.25) is 11.8 Å². The second-order valence-corrected chi connectivity index (χ2v) is 9.83. The third kappa shape index (κ3) is 4.25. The summed E-state index contributed by atoms with van der Waals surface area (Å²) in [6, 6.07) is 3.70. The van der Waals surface area contributed by atoms with E-state index in [9.17, 15) is 13.2 Å². The van der Waals surface area contributed by atoms with Gasteiger partial charge >= 0.3 is 0 Å². The molecule has 0 aliphatic carbocycles. The highest BCUT2D eigenvalue weighted by Gasteiger charge is 2.29. The van der Waals surface area contributed by atoms with Crippen molar-refractivity contribution in [2.75, 3.05) is 24.7 Å². The molecule has 11 heteroatoms. The van der Waals surface area contributed by atoms with Gasteiger partial charge < -0.3 is 19.6 Å². The van der Waals surface area contributed by atoms with Crippen molar-refractivity contribution < 1.29 is 17.6 Å². The van der Waals surface area contributed by atoms with Crippen LogP contribution < -0.4 is 5.32 Å². The van der Waals surface area contributed by atoms with Crippen molar-refractivity contribution in [3.8, 4) is 17.5 Å². The van der Waals surface area contributed by atoms with E-state index in [0.717, 1.165) is 24.3 Å². The summed E-state index contributed by atoms with van der Waals surface area (Å²) in [5.41, 5.74) is 1.87. The Kier molecular flexibility index (Phi) is 5.41. The van der Waals surface area contributed by atoms with Crippen molar-refractivity contribution in [2.45, 2.75) is 30.8 Å². The van der Waals surface area contributed by atoms with E-state index in [4.69, 9.17) is 9.68 Å². The molecule has 2 atom stereocenters. The van der Waals surface area contributed by atoms with Crippen LogP contribution in [0.4, 0.5) is 5.69 Å². The van der Waals surface area contributed by atoms with Crippen LogP contribution in [0.2, 0.25) is 0 Å². The van der Waals surface area contributed by atoms with E-state index in [1.165, 1.54) is 0 Å². The Morgan fingerprint density at radius 3 is 2.97 bits per heavy atom. The SMILES string of the molecule is C[C@H]1C[C@@H](Nc2c(-c3nc(S(C)(=O)=O)co3)cnc3[nH]ccc23)CN(C(=O)CC#N)C1. The molecule has 0 unspecified atom stereocenters. The number of anilines is 1. The number of hydrogen-bond acceptors (Lipinski definition) is 8. The molecule has 2 N–H and O–H groups in total. The molecule has 31 heavy (non-hydrogen) atoms. The molecule has 3 aromatic heterocycles. The molecule has 0 spiro atoms. The number of nitrogens with one attached hydrogen (secondary N) is 2. The van der Waals surface area contributed by atoms with E-state index in [-0.39, 0.29) is 35.2 Å². The molecule has 162 valence electrons. The van der Waals surface area contributed by atoms with Crippen LogP contribution in [-0.2, 0) is 14.6 Å². The van der Waals surface area contributed by atoms with Gasteiger partial charge in [0.05, 0.1) is 17.3 Å². The number of H-pyrrole nitrogens is 1. The third-order valence-corrected chi connectivity index (χ3v) is 6.22. The minimum atomic E-state index is -3.51. The lowest BCUT2D eigenvalue weighted by Gasteiger charge is -2.37. The monoisotopic (exact) mass is 442 g/mol. The zero-order valence-electron chi connectivity index (χ0n) is 17.1. The van der Waals surface area contributed by atoms with Gasteiger partial charge in [0.1, 0.15) is 18.3 Å². The lowest BCUT2D eigenvalue weighted by atomic mass is 9.95. The van der Waals surface area contributed by atoms with Crippen LogP contribution in [0.3, 0.4) is 0 Å². The Morgan fingerprint density at radius 2 is 2.26 bits per heavy atom. The number of nitrogens with zero attached hydrogens (tertiary/aromatic N) is 4. The number of aromatic nitrogens is 3. The van der Waals surface area contributed by atoms with E-state index in [2.05, 4.69) is 27.2 Å². The molecular weight excluding hydrogens is 420 g/mol. The van der Waals surface area contributed by atoms with Crippen molar-refractivity contribution in [2.24, 2.45) is 5.92 Å². The molecule has 10 nitrogen and oxygen atoms in total. The predicted octanol–water partition coefficient (Wildman–Crippen LogP) is 2.18. The quantitative estimate of drug-likeness (QED) is 0.611. The van der Waals surface area contributed by atoms with E-state index in [1.807, 2.05) is 12.1 Å². The van der Waals surface area contributed by atoms with Gasteiger partial charge in [0.15, 0.2) is 14.9 Å². The van der Waals surface area contributed by atoms with Crippen LogP contribution in [0, 0.1) is 17.2 Å². The molecule has 1 aliphatic rings. The summed E-state index contributed by atoms with van der Waals surface area (Å²) in [5.74, 6) is 0.201. The molecule has 1 fully saturated rings. The van der Waals surface area contributed by atoms with Crippen molar-refractivity contribution in [3.63, 3.8) is 0 Å². The number of piperidine rings is 1. The summed E-state index contributed by atoms with van der Waals surface area (Å²) in [4.78, 5) is 25.6. The first kappa shape index (κ1) is 20.9. The summed E-state index contributed by atoms with van der Waals surface area (Å²) in [6.45, 7) is 3.13. The van der Waals surface area contributed by atoms with Gasteiger partial charge in [0.25, 0.3) is 0 Å². The Hall–Kier alpha value is -3.39. The van der Waals surface area contributed by atoms with Crippen molar-refractivity contribution in [3.05, 3.63) is 24.7 Å². The van der Waals surface area contributed by atoms with Gasteiger partial charge in [0, 0.05) is 43.2 Å².